The van der Waals surface area contributed by atoms with Gasteiger partial charge in [0.2, 0.25) is 10.0 Å². The summed E-state index contributed by atoms with van der Waals surface area (Å²) in [7, 11) is -3.63. The first-order chi connectivity index (χ1) is 8.99. The first kappa shape index (κ1) is 14.2. The molecule has 0 saturated carbocycles. The van der Waals surface area contributed by atoms with Crippen molar-refractivity contribution in [1.82, 2.24) is 4.72 Å². The first-order valence-electron chi connectivity index (χ1n) is 6.11. The number of nitrogen functional groups attached to an aromatic ring is 1. The molecule has 19 heavy (non-hydrogen) atoms. The van der Waals surface area contributed by atoms with Crippen molar-refractivity contribution < 1.29 is 17.5 Å². The number of benzene rings is 1. The molecule has 0 amide bonds. The third-order valence-corrected chi connectivity index (χ3v) is 4.61. The van der Waals surface area contributed by atoms with Gasteiger partial charge in [-0.05, 0) is 37.0 Å². The molecule has 1 heterocycles. The van der Waals surface area contributed by atoms with Crippen LogP contribution < -0.4 is 10.5 Å². The van der Waals surface area contributed by atoms with Crippen LogP contribution in [-0.4, -0.2) is 28.2 Å². The van der Waals surface area contributed by atoms with Crippen LogP contribution in [0.2, 0.25) is 0 Å². The van der Waals surface area contributed by atoms with Crippen LogP contribution in [0.5, 0.6) is 0 Å². The quantitative estimate of drug-likeness (QED) is 0.795. The van der Waals surface area contributed by atoms with E-state index in [9.17, 15) is 12.8 Å². The van der Waals surface area contributed by atoms with Gasteiger partial charge in [0.05, 0.1) is 10.6 Å². The van der Waals surface area contributed by atoms with Crippen molar-refractivity contribution in [2.45, 2.75) is 17.7 Å². The Morgan fingerprint density at radius 3 is 2.89 bits per heavy atom. The zero-order chi connectivity index (χ0) is 13.9. The highest BCUT2D eigenvalue weighted by Crippen LogP contribution is 2.18. The van der Waals surface area contributed by atoms with Crippen molar-refractivity contribution in [1.29, 1.82) is 0 Å². The van der Waals surface area contributed by atoms with Crippen LogP contribution in [0.25, 0.3) is 0 Å². The number of hydrogen-bond donors (Lipinski definition) is 2. The zero-order valence-corrected chi connectivity index (χ0v) is 11.2. The van der Waals surface area contributed by atoms with Crippen molar-refractivity contribution in [3.8, 4) is 0 Å². The number of nitrogens with two attached hydrogens (primary N) is 1. The van der Waals surface area contributed by atoms with Crippen molar-refractivity contribution >= 4 is 15.7 Å². The standard InChI is InChI=1S/C12H17FN2O3S/c13-11-2-1-10(7-12(11)14)19(16,17)15-5-3-9-4-6-18-8-9/h1-2,7,9,15H,3-6,8,14H2. The van der Waals surface area contributed by atoms with E-state index in [-0.39, 0.29) is 10.6 Å². The van der Waals surface area contributed by atoms with Gasteiger partial charge in [-0.15, -0.1) is 0 Å². The van der Waals surface area contributed by atoms with E-state index in [4.69, 9.17) is 10.5 Å². The van der Waals surface area contributed by atoms with E-state index in [1.807, 2.05) is 0 Å². The summed E-state index contributed by atoms with van der Waals surface area (Å²) in [6.07, 6.45) is 1.70. The smallest absolute Gasteiger partial charge is 0.240 e. The molecule has 2 rings (SSSR count). The van der Waals surface area contributed by atoms with Gasteiger partial charge in [0.1, 0.15) is 5.82 Å². The second-order valence-electron chi connectivity index (χ2n) is 4.60. The van der Waals surface area contributed by atoms with E-state index in [0.29, 0.717) is 19.1 Å². The normalized spacial score (nSPS) is 19.7. The number of hydrogen-bond acceptors (Lipinski definition) is 4. The van der Waals surface area contributed by atoms with Crippen LogP contribution in [-0.2, 0) is 14.8 Å². The van der Waals surface area contributed by atoms with Gasteiger partial charge >= 0.3 is 0 Å². The Morgan fingerprint density at radius 2 is 2.26 bits per heavy atom. The molecule has 1 saturated heterocycles. The number of anilines is 1. The molecule has 1 fully saturated rings. The molecule has 7 heteroatoms. The molecule has 0 radical (unpaired) electrons. The topological polar surface area (TPSA) is 81.4 Å². The van der Waals surface area contributed by atoms with Crippen LogP contribution >= 0.6 is 0 Å². The minimum atomic E-state index is -3.63. The summed E-state index contributed by atoms with van der Waals surface area (Å²) < 4.78 is 44.6. The van der Waals surface area contributed by atoms with Crippen LogP contribution in [0.4, 0.5) is 10.1 Å². The highest BCUT2D eigenvalue weighted by atomic mass is 32.2. The molecule has 106 valence electrons. The van der Waals surface area contributed by atoms with Gasteiger partial charge in [0.15, 0.2) is 0 Å². The Kier molecular flexibility index (Phi) is 4.38. The molecule has 1 aromatic carbocycles. The van der Waals surface area contributed by atoms with Crippen molar-refractivity contribution in [2.75, 3.05) is 25.5 Å². The highest BCUT2D eigenvalue weighted by molar-refractivity contribution is 7.89. The fourth-order valence-electron chi connectivity index (χ4n) is 1.98. The molecule has 1 atom stereocenters. The number of nitrogens with one attached hydrogen (secondary N) is 1. The fraction of sp³-hybridized carbons (Fsp3) is 0.500. The van der Waals surface area contributed by atoms with Gasteiger partial charge < -0.3 is 10.5 Å². The molecule has 3 N–H and O–H groups in total. The average molecular weight is 288 g/mol. The minimum absolute atomic E-state index is 0.0194. The number of halogens is 1. The lowest BCUT2D eigenvalue weighted by atomic mass is 10.1. The molecule has 0 spiro atoms. The summed E-state index contributed by atoms with van der Waals surface area (Å²) in [5.74, 6) is -0.219. The van der Waals surface area contributed by atoms with E-state index >= 15 is 0 Å². The Labute approximate surface area is 112 Å². The Hall–Kier alpha value is -1.18. The molecular formula is C12H17FN2O3S. The van der Waals surface area contributed by atoms with Crippen LogP contribution in [0.15, 0.2) is 23.1 Å². The Morgan fingerprint density at radius 1 is 1.47 bits per heavy atom. The fourth-order valence-corrected chi connectivity index (χ4v) is 3.06. The van der Waals surface area contributed by atoms with Crippen LogP contribution in [0.3, 0.4) is 0 Å². The molecule has 0 aliphatic carbocycles. The summed E-state index contributed by atoms with van der Waals surface area (Å²) in [5.41, 5.74) is 5.19. The van der Waals surface area contributed by atoms with Crippen molar-refractivity contribution in [2.24, 2.45) is 5.92 Å². The third-order valence-electron chi connectivity index (χ3n) is 3.15. The Balaban J connectivity index is 1.95. The summed E-state index contributed by atoms with van der Waals surface area (Å²) in [6.45, 7) is 1.77. The lowest BCUT2D eigenvalue weighted by Gasteiger charge is -2.10. The van der Waals surface area contributed by atoms with Gasteiger partial charge in [-0.3, -0.25) is 0 Å². The second kappa shape index (κ2) is 5.85. The van der Waals surface area contributed by atoms with Gasteiger partial charge in [0.25, 0.3) is 0 Å². The van der Waals surface area contributed by atoms with E-state index < -0.39 is 15.8 Å². The first-order valence-corrected chi connectivity index (χ1v) is 7.60. The second-order valence-corrected chi connectivity index (χ2v) is 6.37. The summed E-state index contributed by atoms with van der Waals surface area (Å²) in [6, 6.07) is 3.37. The Bertz CT molecular complexity index is 542. The van der Waals surface area contributed by atoms with E-state index in [0.717, 1.165) is 31.6 Å². The van der Waals surface area contributed by atoms with Gasteiger partial charge in [-0.1, -0.05) is 0 Å². The molecule has 1 unspecified atom stereocenters. The monoisotopic (exact) mass is 288 g/mol. The molecule has 0 bridgehead atoms. The molecule has 1 aromatic rings. The highest BCUT2D eigenvalue weighted by Gasteiger charge is 2.18. The predicted molar refractivity (Wildman–Crippen MR) is 69.5 cm³/mol. The lowest BCUT2D eigenvalue weighted by molar-refractivity contribution is 0.184. The van der Waals surface area contributed by atoms with Gasteiger partial charge in [-0.2, -0.15) is 0 Å². The van der Waals surface area contributed by atoms with Crippen molar-refractivity contribution in [3.63, 3.8) is 0 Å². The predicted octanol–water partition coefficient (Wildman–Crippen LogP) is 1.11. The lowest BCUT2D eigenvalue weighted by Crippen LogP contribution is -2.26. The van der Waals surface area contributed by atoms with Crippen LogP contribution in [0, 0.1) is 11.7 Å². The maximum absolute atomic E-state index is 13.0. The molecule has 5 nitrogen and oxygen atoms in total. The average Bonchev–Trinajstić information content (AvgIpc) is 2.85. The SMILES string of the molecule is Nc1cc(S(=O)(=O)NCCC2CCOC2)ccc1F. The summed E-state index contributed by atoms with van der Waals surface area (Å²) >= 11 is 0. The molecule has 0 aromatic heterocycles. The zero-order valence-electron chi connectivity index (χ0n) is 10.4. The molecule has 1 aliphatic heterocycles. The van der Waals surface area contributed by atoms with E-state index in [1.54, 1.807) is 0 Å². The largest absolute Gasteiger partial charge is 0.396 e. The van der Waals surface area contributed by atoms with Crippen LogP contribution in [0.1, 0.15) is 12.8 Å². The third kappa shape index (κ3) is 3.65. The van der Waals surface area contributed by atoms with E-state index in [2.05, 4.69) is 4.72 Å². The summed E-state index contributed by atoms with van der Waals surface area (Å²) in [5, 5.41) is 0. The maximum Gasteiger partial charge on any atom is 0.240 e. The summed E-state index contributed by atoms with van der Waals surface area (Å²) in [4.78, 5) is -0.0194. The van der Waals surface area contributed by atoms with E-state index in [1.165, 1.54) is 6.07 Å². The number of ether oxygens (including phenoxy) is 1. The minimum Gasteiger partial charge on any atom is -0.396 e. The maximum atomic E-state index is 13.0. The molecule has 1 aliphatic rings. The van der Waals surface area contributed by atoms with Gasteiger partial charge in [-0.25, -0.2) is 17.5 Å². The van der Waals surface area contributed by atoms with Crippen molar-refractivity contribution in [3.05, 3.63) is 24.0 Å². The number of rotatable bonds is 5. The number of sulfonamides is 1. The van der Waals surface area contributed by atoms with Gasteiger partial charge in [0, 0.05) is 19.8 Å². The molecular weight excluding hydrogens is 271 g/mol.